The fraction of sp³-hybridized carbons (Fsp3) is 0.130. The van der Waals surface area contributed by atoms with Gasteiger partial charge in [-0.1, -0.05) is 35.9 Å². The number of esters is 1. The Bertz CT molecular complexity index is 1220. The molecule has 4 rings (SSSR count). The molecule has 152 valence electrons. The molecule has 4 aromatic rings. The van der Waals surface area contributed by atoms with Crippen molar-refractivity contribution in [3.8, 4) is 5.75 Å². The Morgan fingerprint density at radius 2 is 1.93 bits per heavy atom. The van der Waals surface area contributed by atoms with E-state index in [0.717, 1.165) is 11.1 Å². The van der Waals surface area contributed by atoms with Crippen LogP contribution in [0.1, 0.15) is 21.5 Å². The van der Waals surface area contributed by atoms with Crippen LogP contribution in [-0.2, 0) is 17.9 Å². The van der Waals surface area contributed by atoms with E-state index in [1.807, 2.05) is 24.3 Å². The summed E-state index contributed by atoms with van der Waals surface area (Å²) in [6.45, 7) is 0.522. The van der Waals surface area contributed by atoms with Crippen molar-refractivity contribution >= 4 is 28.5 Å². The molecule has 0 bridgehead atoms. The van der Waals surface area contributed by atoms with E-state index in [1.54, 1.807) is 35.1 Å². The number of carbonyl (C=O) groups is 1. The number of benzene rings is 3. The number of hydrogen-bond donors (Lipinski definition) is 0. The van der Waals surface area contributed by atoms with Crippen LogP contribution in [0.4, 0.5) is 4.39 Å². The molecular formula is C23H18ClFN2O3. The van der Waals surface area contributed by atoms with Gasteiger partial charge in [0.15, 0.2) is 0 Å². The summed E-state index contributed by atoms with van der Waals surface area (Å²) in [6, 6.07) is 17.0. The Balaban J connectivity index is 1.64. The molecule has 1 heterocycles. The van der Waals surface area contributed by atoms with Crippen molar-refractivity contribution in [3.63, 3.8) is 0 Å². The first-order valence-corrected chi connectivity index (χ1v) is 9.62. The van der Waals surface area contributed by atoms with Crippen LogP contribution in [0.25, 0.3) is 10.9 Å². The highest BCUT2D eigenvalue weighted by Gasteiger charge is 2.15. The van der Waals surface area contributed by atoms with Gasteiger partial charge in [0.1, 0.15) is 18.2 Å². The summed E-state index contributed by atoms with van der Waals surface area (Å²) in [5.74, 6) is -0.277. The second-order valence-electron chi connectivity index (χ2n) is 6.66. The van der Waals surface area contributed by atoms with Crippen molar-refractivity contribution in [3.05, 3.63) is 94.4 Å². The fourth-order valence-corrected chi connectivity index (χ4v) is 3.45. The summed E-state index contributed by atoms with van der Waals surface area (Å²) in [5, 5.41) is 5.65. The van der Waals surface area contributed by atoms with Gasteiger partial charge in [-0.05, 0) is 36.4 Å². The molecule has 0 aliphatic carbocycles. The smallest absolute Gasteiger partial charge is 0.338 e. The van der Waals surface area contributed by atoms with Crippen LogP contribution in [0, 0.1) is 5.82 Å². The maximum Gasteiger partial charge on any atom is 0.338 e. The van der Waals surface area contributed by atoms with E-state index < -0.39 is 5.97 Å². The lowest BCUT2D eigenvalue weighted by Crippen LogP contribution is -2.06. The molecule has 0 spiro atoms. The minimum atomic E-state index is -0.435. The van der Waals surface area contributed by atoms with E-state index in [9.17, 15) is 9.18 Å². The molecule has 0 aliphatic rings. The number of hydrogen-bond acceptors (Lipinski definition) is 4. The maximum atomic E-state index is 14.0. The van der Waals surface area contributed by atoms with Crippen LogP contribution in [0.2, 0.25) is 5.02 Å². The van der Waals surface area contributed by atoms with Gasteiger partial charge in [0.25, 0.3) is 0 Å². The Labute approximate surface area is 177 Å². The first-order valence-electron chi connectivity index (χ1n) is 9.24. The quantitative estimate of drug-likeness (QED) is 0.397. The number of methoxy groups -OCH3 is 1. The number of rotatable bonds is 6. The molecule has 0 N–H and O–H groups in total. The summed E-state index contributed by atoms with van der Waals surface area (Å²) in [7, 11) is 1.33. The number of halogens is 2. The number of ether oxygens (including phenoxy) is 2. The number of nitrogens with zero attached hydrogens (tertiary/aromatic N) is 2. The molecule has 0 atom stereocenters. The average Bonchev–Trinajstić information content (AvgIpc) is 3.16. The van der Waals surface area contributed by atoms with Gasteiger partial charge in [-0.3, -0.25) is 4.68 Å². The van der Waals surface area contributed by atoms with Crippen molar-refractivity contribution < 1.29 is 18.7 Å². The van der Waals surface area contributed by atoms with Crippen LogP contribution in [0.5, 0.6) is 5.75 Å². The van der Waals surface area contributed by atoms with Crippen molar-refractivity contribution in [1.29, 1.82) is 0 Å². The van der Waals surface area contributed by atoms with Crippen molar-refractivity contribution in [2.24, 2.45) is 0 Å². The summed E-state index contributed by atoms with van der Waals surface area (Å²) in [5.41, 5.74) is 2.62. The zero-order chi connectivity index (χ0) is 21.1. The van der Waals surface area contributed by atoms with E-state index in [1.165, 1.54) is 19.2 Å². The van der Waals surface area contributed by atoms with E-state index in [0.29, 0.717) is 27.3 Å². The van der Waals surface area contributed by atoms with Crippen LogP contribution in [0.3, 0.4) is 0 Å². The summed E-state index contributed by atoms with van der Waals surface area (Å²) >= 11 is 6.20. The van der Waals surface area contributed by atoms with Gasteiger partial charge < -0.3 is 9.47 Å². The number of carbonyl (C=O) groups excluding carboxylic acids is 1. The Morgan fingerprint density at radius 1 is 1.10 bits per heavy atom. The maximum absolute atomic E-state index is 14.0. The molecule has 7 heteroatoms. The van der Waals surface area contributed by atoms with Gasteiger partial charge in [-0.2, -0.15) is 5.10 Å². The highest BCUT2D eigenvalue weighted by atomic mass is 35.5. The predicted octanol–water partition coefficient (Wildman–Crippen LogP) is 5.24. The summed E-state index contributed by atoms with van der Waals surface area (Å²) < 4.78 is 26.4. The van der Waals surface area contributed by atoms with Gasteiger partial charge in [-0.15, -0.1) is 0 Å². The molecule has 0 aliphatic heterocycles. The number of fused-ring (bicyclic) bond motifs is 1. The normalized spacial score (nSPS) is 10.9. The third kappa shape index (κ3) is 4.00. The van der Waals surface area contributed by atoms with Gasteiger partial charge >= 0.3 is 5.97 Å². The lowest BCUT2D eigenvalue weighted by molar-refractivity contribution is 0.0603. The Morgan fingerprint density at radius 3 is 2.73 bits per heavy atom. The minimum absolute atomic E-state index is 0.255. The topological polar surface area (TPSA) is 53.3 Å². The van der Waals surface area contributed by atoms with Crippen molar-refractivity contribution in [2.75, 3.05) is 7.11 Å². The molecule has 0 fully saturated rings. The molecule has 0 saturated heterocycles. The van der Waals surface area contributed by atoms with Gasteiger partial charge in [-0.25, -0.2) is 9.18 Å². The van der Waals surface area contributed by atoms with Crippen molar-refractivity contribution in [2.45, 2.75) is 13.2 Å². The summed E-state index contributed by atoms with van der Waals surface area (Å²) in [6.07, 6.45) is 1.60. The largest absolute Gasteiger partial charge is 0.488 e. The lowest BCUT2D eigenvalue weighted by Gasteiger charge is -2.13. The van der Waals surface area contributed by atoms with Crippen LogP contribution in [-0.4, -0.2) is 22.9 Å². The molecule has 5 nitrogen and oxygen atoms in total. The SMILES string of the molecule is COC(=O)c1cccc2c1cnn2Cc1cc(F)ccc1OCc1ccccc1Cl. The highest BCUT2D eigenvalue weighted by Crippen LogP contribution is 2.26. The van der Waals surface area contributed by atoms with Crippen LogP contribution in [0.15, 0.2) is 66.9 Å². The van der Waals surface area contributed by atoms with E-state index >= 15 is 0 Å². The molecule has 0 radical (unpaired) electrons. The third-order valence-corrected chi connectivity index (χ3v) is 5.15. The van der Waals surface area contributed by atoms with E-state index in [4.69, 9.17) is 21.1 Å². The lowest BCUT2D eigenvalue weighted by atomic mass is 10.1. The molecule has 0 saturated carbocycles. The van der Waals surface area contributed by atoms with Crippen LogP contribution < -0.4 is 4.74 Å². The second kappa shape index (κ2) is 8.55. The first kappa shape index (κ1) is 19.9. The van der Waals surface area contributed by atoms with Gasteiger partial charge in [0.05, 0.1) is 30.9 Å². The second-order valence-corrected chi connectivity index (χ2v) is 7.07. The number of aromatic nitrogens is 2. The molecular weight excluding hydrogens is 407 g/mol. The van der Waals surface area contributed by atoms with Crippen LogP contribution >= 0.6 is 11.6 Å². The minimum Gasteiger partial charge on any atom is -0.488 e. The molecule has 1 aromatic heterocycles. The third-order valence-electron chi connectivity index (χ3n) is 4.78. The average molecular weight is 425 g/mol. The molecule has 0 unspecified atom stereocenters. The fourth-order valence-electron chi connectivity index (χ4n) is 3.26. The van der Waals surface area contributed by atoms with Gasteiger partial charge in [0.2, 0.25) is 0 Å². The van der Waals surface area contributed by atoms with E-state index in [2.05, 4.69) is 5.10 Å². The highest BCUT2D eigenvalue weighted by molar-refractivity contribution is 6.31. The Kier molecular flexibility index (Phi) is 5.68. The predicted molar refractivity (Wildman–Crippen MR) is 112 cm³/mol. The summed E-state index contributed by atoms with van der Waals surface area (Å²) in [4.78, 5) is 12.0. The standard InChI is InChI=1S/C23H18ClFN2O3/c1-29-23(28)18-6-4-8-21-19(18)12-26-27(21)13-16-11-17(25)9-10-22(16)30-14-15-5-2-3-7-20(15)24/h2-12H,13-14H2,1H3. The first-order chi connectivity index (χ1) is 14.6. The molecule has 3 aromatic carbocycles. The zero-order valence-corrected chi connectivity index (χ0v) is 16.9. The zero-order valence-electron chi connectivity index (χ0n) is 16.1. The van der Waals surface area contributed by atoms with E-state index in [-0.39, 0.29) is 19.0 Å². The molecule has 30 heavy (non-hydrogen) atoms. The Hall–Kier alpha value is -3.38. The van der Waals surface area contributed by atoms with Gasteiger partial charge in [0, 0.05) is 21.5 Å². The monoisotopic (exact) mass is 424 g/mol. The molecule has 0 amide bonds. The van der Waals surface area contributed by atoms with Crippen molar-refractivity contribution in [1.82, 2.24) is 9.78 Å².